The number of alkyl halides is 6. The fourth-order valence-electron chi connectivity index (χ4n) is 6.99. The van der Waals surface area contributed by atoms with Crippen LogP contribution in [0.15, 0.2) is 48.8 Å². The van der Waals surface area contributed by atoms with Crippen LogP contribution in [0.25, 0.3) is 11.6 Å². The van der Waals surface area contributed by atoms with Crippen LogP contribution in [0.1, 0.15) is 86.4 Å². The molecule has 58 heavy (non-hydrogen) atoms. The van der Waals surface area contributed by atoms with Crippen LogP contribution in [-0.4, -0.2) is 89.3 Å². The Kier molecular flexibility index (Phi) is 12.6. The van der Waals surface area contributed by atoms with E-state index in [0.29, 0.717) is 24.1 Å². The number of carboxylic acid groups (broad SMARTS) is 2. The van der Waals surface area contributed by atoms with Gasteiger partial charge in [0.15, 0.2) is 11.6 Å². The van der Waals surface area contributed by atoms with Gasteiger partial charge >= 0.3 is 24.3 Å². The summed E-state index contributed by atoms with van der Waals surface area (Å²) in [5.41, 5.74) is -3.50. The maximum absolute atomic E-state index is 13.1. The molecule has 7 rings (SSSR count). The maximum atomic E-state index is 13.1. The van der Waals surface area contributed by atoms with Crippen LogP contribution in [0.2, 0.25) is 5.15 Å². The molecule has 4 aromatic heterocycles. The van der Waals surface area contributed by atoms with Crippen molar-refractivity contribution < 1.29 is 55.6 Å². The largest absolute Gasteiger partial charge is 0.478 e. The van der Waals surface area contributed by atoms with Crippen LogP contribution in [0.5, 0.6) is 11.8 Å². The van der Waals surface area contributed by atoms with E-state index in [1.807, 2.05) is 4.90 Å². The van der Waals surface area contributed by atoms with E-state index in [9.17, 15) is 41.0 Å². The van der Waals surface area contributed by atoms with Crippen molar-refractivity contribution in [2.24, 2.45) is 16.7 Å². The number of pyridine rings is 2. The Labute approximate surface area is 340 Å². The molecular formula is C37H42ClF6N7O6S. The second-order valence-corrected chi connectivity index (χ2v) is 15.7. The first kappa shape index (κ1) is 44.4. The van der Waals surface area contributed by atoms with Crippen molar-refractivity contribution >= 4 is 42.9 Å². The van der Waals surface area contributed by atoms with Crippen LogP contribution in [0, 0.1) is 16.7 Å². The quantitative estimate of drug-likeness (QED) is 0.0981. The first-order chi connectivity index (χ1) is 26.6. The highest BCUT2D eigenvalue weighted by atomic mass is 35.5. The van der Waals surface area contributed by atoms with Gasteiger partial charge in [-0.3, -0.25) is 0 Å². The normalized spacial score (nSPS) is 18.7. The number of ether oxygens (including phenoxy) is 2. The summed E-state index contributed by atoms with van der Waals surface area (Å²) in [4.78, 5) is 33.2. The highest BCUT2D eigenvalue weighted by molar-refractivity contribution is 7.59. The molecule has 2 N–H and O–H groups in total. The van der Waals surface area contributed by atoms with Crippen molar-refractivity contribution in [2.75, 3.05) is 24.7 Å². The van der Waals surface area contributed by atoms with Gasteiger partial charge in [-0.05, 0) is 89.0 Å². The smallest absolute Gasteiger partial charge is 0.394 e. The maximum Gasteiger partial charge on any atom is 0.394 e. The summed E-state index contributed by atoms with van der Waals surface area (Å²) in [6.45, 7) is 6.76. The molecule has 5 heterocycles. The fourth-order valence-corrected chi connectivity index (χ4v) is 7.22. The number of halogens is 7. The number of hydrogen-bond acceptors (Lipinski definition) is 9. The summed E-state index contributed by atoms with van der Waals surface area (Å²) >= 11 is 5.79. The van der Waals surface area contributed by atoms with E-state index in [1.165, 1.54) is 39.8 Å². The summed E-state index contributed by atoms with van der Waals surface area (Å²) in [6, 6.07) is 8.79. The molecule has 1 saturated heterocycles. The second-order valence-electron chi connectivity index (χ2n) is 15.3. The molecule has 3 fully saturated rings. The van der Waals surface area contributed by atoms with Gasteiger partial charge in [0.25, 0.3) is 0 Å². The van der Waals surface area contributed by atoms with Gasteiger partial charge in [-0.25, -0.2) is 28.9 Å². The molecular weight excluding hydrogens is 820 g/mol. The fraction of sp³-hybridized carbons (Fsp3) is 0.514. The van der Waals surface area contributed by atoms with Gasteiger partial charge in [-0.1, -0.05) is 18.5 Å². The number of carbonyl (C=O) groups is 2. The predicted octanol–water partition coefficient (Wildman–Crippen LogP) is 8.54. The molecule has 3 aliphatic rings. The number of nitrogens with zero attached hydrogens (tertiary/aromatic N) is 7. The zero-order chi connectivity index (χ0) is 41.6. The van der Waals surface area contributed by atoms with E-state index < -0.39 is 35.1 Å². The molecule has 1 atom stereocenters. The van der Waals surface area contributed by atoms with Crippen molar-refractivity contribution in [1.82, 2.24) is 29.5 Å². The van der Waals surface area contributed by atoms with Crippen molar-refractivity contribution in [3.63, 3.8) is 0 Å². The molecule has 316 valence electrons. The second kappa shape index (κ2) is 16.5. The van der Waals surface area contributed by atoms with Gasteiger partial charge in [-0.15, -0.1) is 10.2 Å². The molecule has 0 amide bonds. The van der Waals surface area contributed by atoms with Gasteiger partial charge in [0.05, 0.1) is 29.6 Å². The van der Waals surface area contributed by atoms with E-state index in [-0.39, 0.29) is 105 Å². The average molecular weight is 862 g/mol. The van der Waals surface area contributed by atoms with E-state index in [4.69, 9.17) is 26.2 Å². The molecule has 13 nitrogen and oxygen atoms in total. The Hall–Kier alpha value is -4.72. The lowest BCUT2D eigenvalue weighted by atomic mass is 9.97. The average Bonchev–Trinajstić information content (AvgIpc) is 3.96. The van der Waals surface area contributed by atoms with E-state index in [0.717, 1.165) is 6.42 Å². The lowest BCUT2D eigenvalue weighted by Crippen LogP contribution is -2.39. The Morgan fingerprint density at radius 3 is 1.60 bits per heavy atom. The minimum Gasteiger partial charge on any atom is -0.478 e. The number of aromatic nitrogens is 6. The number of anilines is 1. The highest BCUT2D eigenvalue weighted by Crippen LogP contribution is 2.60. The standard InChI is InChI=1S/C22H27F3N4O3.C15H13ClF3N3O3.H2S/c1-14-12-20(2,3)28(13-14)18-15(19(30)31)4-5-16(26-18)29-10-6-17(27-29)32-11-9-21(7-8-21)22(23,24)25;16-12-9(13(23)24)1-2-10(20-12)22-7-3-11(21-22)25-8-6-14(4-5-14)15(17,18)19;/h4-6,10,14H,7-9,11-13H2,1-3H3,(H,30,31);1-3,7H,4-6,8H2,(H,23,24);1H2/t14-;;/m0../s1. The van der Waals surface area contributed by atoms with E-state index in [1.54, 1.807) is 18.3 Å². The van der Waals surface area contributed by atoms with Gasteiger partial charge in [-0.2, -0.15) is 39.8 Å². The summed E-state index contributed by atoms with van der Waals surface area (Å²) in [5, 5.41) is 26.7. The molecule has 0 aromatic carbocycles. The van der Waals surface area contributed by atoms with Crippen molar-refractivity contribution in [2.45, 2.75) is 83.6 Å². The van der Waals surface area contributed by atoms with Crippen LogP contribution in [0.4, 0.5) is 32.2 Å². The van der Waals surface area contributed by atoms with Gasteiger partial charge in [0, 0.05) is 36.6 Å². The van der Waals surface area contributed by atoms with E-state index >= 15 is 0 Å². The van der Waals surface area contributed by atoms with Crippen LogP contribution >= 0.6 is 25.1 Å². The summed E-state index contributed by atoms with van der Waals surface area (Å²) in [5.74, 6) is -0.467. The molecule has 21 heteroatoms. The van der Waals surface area contributed by atoms with Crippen molar-refractivity contribution in [1.29, 1.82) is 0 Å². The number of hydrogen-bond donors (Lipinski definition) is 2. The SMILES string of the molecule is C[C@@H]1CN(c2nc(-n3ccc(OCCC4(C(F)(F)F)CC4)n3)ccc2C(=O)O)C(C)(C)C1.O=C(O)c1ccc(-n2ccc(OCCC3(C(F)(F)F)CC3)n2)nc1Cl.S. The number of carboxylic acids is 2. The Morgan fingerprint density at radius 2 is 1.22 bits per heavy atom. The van der Waals surface area contributed by atoms with Gasteiger partial charge in [0.2, 0.25) is 11.8 Å². The summed E-state index contributed by atoms with van der Waals surface area (Å²) < 4.78 is 91.1. The van der Waals surface area contributed by atoms with Gasteiger partial charge < -0.3 is 24.6 Å². The lowest BCUT2D eigenvalue weighted by molar-refractivity contribution is -0.190. The first-order valence-corrected chi connectivity index (χ1v) is 18.4. The predicted molar refractivity (Wildman–Crippen MR) is 203 cm³/mol. The highest BCUT2D eigenvalue weighted by Gasteiger charge is 2.63. The molecule has 0 radical (unpaired) electrons. The van der Waals surface area contributed by atoms with Crippen LogP contribution in [0.3, 0.4) is 0 Å². The Balaban J connectivity index is 0.000000224. The molecule has 0 bridgehead atoms. The number of aromatic carboxylic acids is 2. The van der Waals surface area contributed by atoms with Crippen LogP contribution < -0.4 is 14.4 Å². The molecule has 0 unspecified atom stereocenters. The third kappa shape index (κ3) is 9.59. The summed E-state index contributed by atoms with van der Waals surface area (Å²) in [7, 11) is 0. The Morgan fingerprint density at radius 1 is 0.776 bits per heavy atom. The molecule has 2 aliphatic carbocycles. The van der Waals surface area contributed by atoms with Gasteiger partial charge in [0.1, 0.15) is 16.5 Å². The zero-order valence-electron chi connectivity index (χ0n) is 31.6. The molecule has 0 spiro atoms. The van der Waals surface area contributed by atoms with Crippen molar-refractivity contribution in [3.8, 4) is 23.4 Å². The van der Waals surface area contributed by atoms with E-state index in [2.05, 4.69) is 40.9 Å². The monoisotopic (exact) mass is 861 g/mol. The summed E-state index contributed by atoms with van der Waals surface area (Å²) in [6.07, 6.45) is -4.07. The first-order valence-electron chi connectivity index (χ1n) is 18.1. The Bertz CT molecular complexity index is 2120. The van der Waals surface area contributed by atoms with Crippen LogP contribution in [-0.2, 0) is 0 Å². The number of rotatable bonds is 13. The molecule has 1 aliphatic heterocycles. The third-order valence-electron chi connectivity index (χ3n) is 10.7. The minimum absolute atomic E-state index is 0. The third-order valence-corrected chi connectivity index (χ3v) is 10.9. The lowest BCUT2D eigenvalue weighted by Gasteiger charge is -2.33. The zero-order valence-corrected chi connectivity index (χ0v) is 33.3. The molecule has 2 saturated carbocycles. The molecule has 4 aromatic rings. The topological polar surface area (TPSA) is 158 Å². The van der Waals surface area contributed by atoms with Crippen molar-refractivity contribution in [3.05, 3.63) is 65.1 Å². The minimum atomic E-state index is -4.21.